The van der Waals surface area contributed by atoms with Crippen molar-refractivity contribution >= 4 is 22.4 Å². The number of rotatable bonds is 5. The lowest BCUT2D eigenvalue weighted by atomic mass is 9.69. The maximum Gasteiger partial charge on any atom is 0.232 e. The van der Waals surface area contributed by atoms with Gasteiger partial charge in [-0.15, -0.1) is 10.2 Å². The van der Waals surface area contributed by atoms with Crippen LogP contribution in [0.4, 0.5) is 5.13 Å². The van der Waals surface area contributed by atoms with E-state index in [0.29, 0.717) is 11.0 Å². The summed E-state index contributed by atoms with van der Waals surface area (Å²) in [6.45, 7) is 6.02. The zero-order valence-corrected chi connectivity index (χ0v) is 19.5. The van der Waals surface area contributed by atoms with E-state index in [1.807, 2.05) is 50.2 Å². The standard InChI is InChI=1S/C26H24N4O2S/c1-4-16-9-11-17(12-10-16)20-14-13-19-22(18-7-5-6-8-21(18)32-23(19)28-20)26(2,3)24(31)29-25-30-27-15-33-25/h5-15,22H,4H2,1-3H3,(H,29,30,31)/t22-/m0/s1. The van der Waals surface area contributed by atoms with Crippen molar-refractivity contribution in [1.82, 2.24) is 15.2 Å². The minimum Gasteiger partial charge on any atom is -0.438 e. The Kier molecular flexibility index (Phi) is 5.42. The lowest BCUT2D eigenvalue weighted by Crippen LogP contribution is -2.38. The van der Waals surface area contributed by atoms with Crippen LogP contribution in [0.3, 0.4) is 0 Å². The van der Waals surface area contributed by atoms with E-state index in [-0.39, 0.29) is 11.8 Å². The van der Waals surface area contributed by atoms with Crippen molar-refractivity contribution in [3.8, 4) is 22.9 Å². The van der Waals surface area contributed by atoms with E-state index in [1.165, 1.54) is 16.9 Å². The first-order valence-corrected chi connectivity index (χ1v) is 11.8. The number of benzene rings is 2. The second kappa shape index (κ2) is 8.41. The maximum absolute atomic E-state index is 13.4. The Morgan fingerprint density at radius 3 is 2.58 bits per heavy atom. The summed E-state index contributed by atoms with van der Waals surface area (Å²) in [6.07, 6.45) is 0.994. The number of aryl methyl sites for hydroxylation is 1. The number of amides is 1. The highest BCUT2D eigenvalue weighted by Gasteiger charge is 2.44. The van der Waals surface area contributed by atoms with Gasteiger partial charge in [0.25, 0.3) is 0 Å². The molecule has 1 amide bonds. The molecule has 0 fully saturated rings. The highest BCUT2D eigenvalue weighted by atomic mass is 32.1. The molecule has 2 aromatic carbocycles. The number of fused-ring (bicyclic) bond motifs is 2. The Balaban J connectivity index is 1.57. The molecule has 0 saturated carbocycles. The van der Waals surface area contributed by atoms with Crippen LogP contribution >= 0.6 is 11.3 Å². The Morgan fingerprint density at radius 2 is 1.85 bits per heavy atom. The van der Waals surface area contributed by atoms with Gasteiger partial charge in [-0.1, -0.05) is 80.6 Å². The first-order chi connectivity index (χ1) is 16.0. The number of nitrogens with zero attached hydrogens (tertiary/aromatic N) is 3. The molecule has 0 bridgehead atoms. The van der Waals surface area contributed by atoms with Gasteiger partial charge in [-0.3, -0.25) is 4.79 Å². The number of hydrogen-bond acceptors (Lipinski definition) is 6. The van der Waals surface area contributed by atoms with Crippen LogP contribution in [0.25, 0.3) is 11.3 Å². The Morgan fingerprint density at radius 1 is 1.06 bits per heavy atom. The minimum absolute atomic E-state index is 0.133. The van der Waals surface area contributed by atoms with Crippen LogP contribution in [-0.4, -0.2) is 21.1 Å². The number of nitrogens with one attached hydrogen (secondary N) is 1. The summed E-state index contributed by atoms with van der Waals surface area (Å²) < 4.78 is 6.23. The molecule has 4 aromatic rings. The maximum atomic E-state index is 13.4. The van der Waals surface area contributed by atoms with Gasteiger partial charge in [0.2, 0.25) is 16.9 Å². The Labute approximate surface area is 196 Å². The normalized spacial score (nSPS) is 14.7. The van der Waals surface area contributed by atoms with Crippen molar-refractivity contribution in [1.29, 1.82) is 0 Å². The number of carbonyl (C=O) groups excluding carboxylic acids is 1. The number of para-hydroxylation sites is 1. The SMILES string of the molecule is CCc1ccc(-c2ccc3c(n2)Oc2ccccc2[C@@H]3C(C)(C)C(=O)Nc2nncs2)cc1. The molecule has 0 spiro atoms. The average molecular weight is 457 g/mol. The molecule has 1 aliphatic rings. The molecule has 33 heavy (non-hydrogen) atoms. The summed E-state index contributed by atoms with van der Waals surface area (Å²) in [7, 11) is 0. The summed E-state index contributed by atoms with van der Waals surface area (Å²) in [5.74, 6) is 0.880. The third-order valence-electron chi connectivity index (χ3n) is 6.18. The molecule has 0 saturated heterocycles. The van der Waals surface area contributed by atoms with E-state index >= 15 is 0 Å². The Bertz CT molecular complexity index is 1300. The molecule has 1 aliphatic heterocycles. The van der Waals surface area contributed by atoms with Crippen LogP contribution in [-0.2, 0) is 11.2 Å². The van der Waals surface area contributed by atoms with Gasteiger partial charge in [0.1, 0.15) is 11.3 Å². The fraction of sp³-hybridized carbons (Fsp3) is 0.231. The van der Waals surface area contributed by atoms with Crippen molar-refractivity contribution in [3.05, 3.63) is 82.9 Å². The molecular weight excluding hydrogens is 432 g/mol. The quantitative estimate of drug-likeness (QED) is 0.395. The van der Waals surface area contributed by atoms with Gasteiger partial charge in [-0.25, -0.2) is 4.98 Å². The average Bonchev–Trinajstić information content (AvgIpc) is 3.35. The number of pyridine rings is 1. The molecule has 0 aliphatic carbocycles. The molecule has 1 atom stereocenters. The van der Waals surface area contributed by atoms with Gasteiger partial charge in [0.15, 0.2) is 0 Å². The van der Waals surface area contributed by atoms with E-state index in [2.05, 4.69) is 46.7 Å². The van der Waals surface area contributed by atoms with Crippen molar-refractivity contribution < 1.29 is 9.53 Å². The predicted octanol–water partition coefficient (Wildman–Crippen LogP) is 6.07. The molecule has 6 nitrogen and oxygen atoms in total. The zero-order chi connectivity index (χ0) is 23.0. The van der Waals surface area contributed by atoms with Crippen LogP contribution < -0.4 is 10.1 Å². The van der Waals surface area contributed by atoms with Crippen molar-refractivity contribution in [2.45, 2.75) is 33.1 Å². The molecule has 3 heterocycles. The molecule has 5 rings (SSSR count). The lowest BCUT2D eigenvalue weighted by molar-refractivity contribution is -0.124. The largest absolute Gasteiger partial charge is 0.438 e. The van der Waals surface area contributed by atoms with Gasteiger partial charge >= 0.3 is 0 Å². The molecule has 0 radical (unpaired) electrons. The van der Waals surface area contributed by atoms with Crippen molar-refractivity contribution in [2.24, 2.45) is 5.41 Å². The third-order valence-corrected chi connectivity index (χ3v) is 6.79. The van der Waals surface area contributed by atoms with Gasteiger partial charge in [-0.2, -0.15) is 0 Å². The summed E-state index contributed by atoms with van der Waals surface area (Å²) in [5, 5.41) is 11.2. The molecule has 7 heteroatoms. The smallest absolute Gasteiger partial charge is 0.232 e. The second-order valence-corrected chi connectivity index (χ2v) is 9.47. The van der Waals surface area contributed by atoms with Crippen LogP contribution in [0.1, 0.15) is 43.4 Å². The van der Waals surface area contributed by atoms with Crippen molar-refractivity contribution in [2.75, 3.05) is 5.32 Å². The number of aromatic nitrogens is 3. The number of ether oxygens (including phenoxy) is 1. The molecule has 0 unspecified atom stereocenters. The second-order valence-electron chi connectivity index (χ2n) is 8.63. The van der Waals surface area contributed by atoms with Crippen molar-refractivity contribution in [3.63, 3.8) is 0 Å². The topological polar surface area (TPSA) is 77.0 Å². The monoisotopic (exact) mass is 456 g/mol. The fourth-order valence-corrected chi connectivity index (χ4v) is 4.74. The number of hydrogen-bond donors (Lipinski definition) is 1. The highest BCUT2D eigenvalue weighted by Crippen LogP contribution is 2.51. The lowest BCUT2D eigenvalue weighted by Gasteiger charge is -2.37. The first kappa shape index (κ1) is 21.3. The summed E-state index contributed by atoms with van der Waals surface area (Å²) in [6, 6.07) is 20.3. The molecule has 2 aromatic heterocycles. The number of anilines is 1. The van der Waals surface area contributed by atoms with Gasteiger partial charge < -0.3 is 10.1 Å². The highest BCUT2D eigenvalue weighted by molar-refractivity contribution is 7.13. The summed E-state index contributed by atoms with van der Waals surface area (Å²) in [5.41, 5.74) is 5.80. The van der Waals surface area contributed by atoms with Crippen LogP contribution in [0.15, 0.2) is 66.2 Å². The predicted molar refractivity (Wildman–Crippen MR) is 130 cm³/mol. The third kappa shape index (κ3) is 3.89. The molecule has 1 N–H and O–H groups in total. The van der Waals surface area contributed by atoms with Crippen LogP contribution in [0, 0.1) is 5.41 Å². The van der Waals surface area contributed by atoms with E-state index in [0.717, 1.165) is 34.6 Å². The van der Waals surface area contributed by atoms with Gasteiger partial charge in [0.05, 0.1) is 11.1 Å². The summed E-state index contributed by atoms with van der Waals surface area (Å²) in [4.78, 5) is 18.2. The summed E-state index contributed by atoms with van der Waals surface area (Å²) >= 11 is 1.30. The first-order valence-electron chi connectivity index (χ1n) is 10.9. The van der Waals surface area contributed by atoms with E-state index < -0.39 is 5.41 Å². The zero-order valence-electron chi connectivity index (χ0n) is 18.7. The Hall–Kier alpha value is -3.58. The van der Waals surface area contributed by atoms with Gasteiger partial charge in [-0.05, 0) is 24.1 Å². The van der Waals surface area contributed by atoms with E-state index in [4.69, 9.17) is 9.72 Å². The van der Waals surface area contributed by atoms with Crippen LogP contribution in [0.2, 0.25) is 0 Å². The van der Waals surface area contributed by atoms with Gasteiger partial charge in [0, 0.05) is 22.6 Å². The van der Waals surface area contributed by atoms with Crippen LogP contribution in [0.5, 0.6) is 11.6 Å². The minimum atomic E-state index is -0.799. The van der Waals surface area contributed by atoms with E-state index in [9.17, 15) is 4.79 Å². The molecule has 166 valence electrons. The molecular formula is C26H24N4O2S. The number of carbonyl (C=O) groups is 1. The van der Waals surface area contributed by atoms with E-state index in [1.54, 1.807) is 5.51 Å². The fourth-order valence-electron chi connectivity index (χ4n) is 4.30.